The fraction of sp³-hybridized carbons (Fsp3) is 0.727. The molecule has 3 saturated heterocycles. The van der Waals surface area contributed by atoms with Crippen molar-refractivity contribution in [3.8, 4) is 5.75 Å². The highest BCUT2D eigenvalue weighted by molar-refractivity contribution is 5.42. The number of hydrogen-bond acceptors (Lipinski definition) is 3. The molecule has 2 unspecified atom stereocenters. The first-order valence-corrected chi connectivity index (χ1v) is 10.6. The van der Waals surface area contributed by atoms with Crippen LogP contribution >= 0.6 is 0 Å². The zero-order valence-electron chi connectivity index (χ0n) is 15.5. The molecule has 3 heteroatoms. The Morgan fingerprint density at radius 1 is 1.00 bits per heavy atom. The standard InChI is InChI=1S/C22H32N2O/c1-3-10-23(11-4-1)17-18-7-8-21-19(14-18)15-22(25-21)9-13-24-12-5-2-6-20(24)16-22/h7-8,14,20H,1-6,9-13,15-17H2. The molecule has 4 heterocycles. The van der Waals surface area contributed by atoms with Crippen molar-refractivity contribution < 1.29 is 4.74 Å². The van der Waals surface area contributed by atoms with Crippen molar-refractivity contribution in [2.24, 2.45) is 0 Å². The van der Waals surface area contributed by atoms with Crippen LogP contribution in [0.2, 0.25) is 0 Å². The smallest absolute Gasteiger partial charge is 0.123 e. The van der Waals surface area contributed by atoms with Gasteiger partial charge in [-0.3, -0.25) is 4.90 Å². The summed E-state index contributed by atoms with van der Waals surface area (Å²) < 4.78 is 6.59. The third-order valence-corrected chi connectivity index (χ3v) is 7.03. The van der Waals surface area contributed by atoms with E-state index in [9.17, 15) is 0 Å². The van der Waals surface area contributed by atoms with Crippen LogP contribution < -0.4 is 4.74 Å². The first kappa shape index (κ1) is 16.1. The van der Waals surface area contributed by atoms with Gasteiger partial charge in [0.2, 0.25) is 0 Å². The van der Waals surface area contributed by atoms with E-state index in [1.807, 2.05) is 0 Å². The average molecular weight is 341 g/mol. The lowest BCUT2D eigenvalue weighted by molar-refractivity contribution is -0.0249. The van der Waals surface area contributed by atoms with Gasteiger partial charge in [0, 0.05) is 38.4 Å². The Hall–Kier alpha value is -1.06. The molecular weight excluding hydrogens is 308 g/mol. The van der Waals surface area contributed by atoms with Crippen LogP contribution in [0.25, 0.3) is 0 Å². The molecule has 3 fully saturated rings. The van der Waals surface area contributed by atoms with Gasteiger partial charge in [0.15, 0.2) is 0 Å². The first-order valence-electron chi connectivity index (χ1n) is 10.6. The number of piperidine rings is 3. The van der Waals surface area contributed by atoms with Crippen molar-refractivity contribution in [3.05, 3.63) is 29.3 Å². The predicted molar refractivity (Wildman–Crippen MR) is 101 cm³/mol. The van der Waals surface area contributed by atoms with Crippen molar-refractivity contribution >= 4 is 0 Å². The summed E-state index contributed by atoms with van der Waals surface area (Å²) >= 11 is 0. The third kappa shape index (κ3) is 3.21. The summed E-state index contributed by atoms with van der Waals surface area (Å²) in [4.78, 5) is 5.35. The second-order valence-electron chi connectivity index (χ2n) is 8.88. The van der Waals surface area contributed by atoms with Crippen molar-refractivity contribution in [2.45, 2.75) is 76.0 Å². The minimum Gasteiger partial charge on any atom is -0.487 e. The quantitative estimate of drug-likeness (QED) is 0.809. The molecule has 25 heavy (non-hydrogen) atoms. The topological polar surface area (TPSA) is 15.7 Å². The van der Waals surface area contributed by atoms with Gasteiger partial charge in [-0.25, -0.2) is 0 Å². The minimum atomic E-state index is 0.102. The van der Waals surface area contributed by atoms with Crippen LogP contribution in [0.5, 0.6) is 5.75 Å². The molecule has 5 rings (SSSR count). The van der Waals surface area contributed by atoms with Crippen molar-refractivity contribution in [3.63, 3.8) is 0 Å². The number of likely N-dealkylation sites (tertiary alicyclic amines) is 1. The second-order valence-corrected chi connectivity index (χ2v) is 8.88. The van der Waals surface area contributed by atoms with Gasteiger partial charge in [-0.1, -0.05) is 25.0 Å². The van der Waals surface area contributed by atoms with Gasteiger partial charge in [0.25, 0.3) is 0 Å². The summed E-state index contributed by atoms with van der Waals surface area (Å²) in [7, 11) is 0. The van der Waals surface area contributed by atoms with E-state index in [0.717, 1.165) is 19.0 Å². The van der Waals surface area contributed by atoms with Gasteiger partial charge >= 0.3 is 0 Å². The van der Waals surface area contributed by atoms with Crippen LogP contribution in [-0.2, 0) is 13.0 Å². The zero-order chi connectivity index (χ0) is 16.7. The Balaban J connectivity index is 1.28. The highest BCUT2D eigenvalue weighted by Crippen LogP contribution is 2.44. The Bertz CT molecular complexity index is 624. The summed E-state index contributed by atoms with van der Waals surface area (Å²) in [6.07, 6.45) is 11.9. The van der Waals surface area contributed by atoms with E-state index in [4.69, 9.17) is 4.74 Å². The molecule has 3 nitrogen and oxygen atoms in total. The van der Waals surface area contributed by atoms with E-state index in [-0.39, 0.29) is 5.60 Å². The molecule has 0 N–H and O–H groups in total. The van der Waals surface area contributed by atoms with E-state index >= 15 is 0 Å². The Morgan fingerprint density at radius 2 is 1.88 bits per heavy atom. The van der Waals surface area contributed by atoms with E-state index in [1.54, 1.807) is 0 Å². The fourth-order valence-corrected chi connectivity index (χ4v) is 5.68. The summed E-state index contributed by atoms with van der Waals surface area (Å²) in [5.41, 5.74) is 3.06. The molecule has 1 spiro atoms. The molecule has 0 bridgehead atoms. The Kier molecular flexibility index (Phi) is 4.25. The number of fused-ring (bicyclic) bond motifs is 2. The van der Waals surface area contributed by atoms with Gasteiger partial charge in [-0.05, 0) is 62.5 Å². The molecule has 1 aromatic rings. The Morgan fingerprint density at radius 3 is 2.80 bits per heavy atom. The molecule has 0 aliphatic carbocycles. The van der Waals surface area contributed by atoms with Crippen LogP contribution in [0.3, 0.4) is 0 Å². The third-order valence-electron chi connectivity index (χ3n) is 7.03. The van der Waals surface area contributed by atoms with Crippen molar-refractivity contribution in [1.82, 2.24) is 9.80 Å². The predicted octanol–water partition coefficient (Wildman–Crippen LogP) is 3.99. The van der Waals surface area contributed by atoms with Crippen molar-refractivity contribution in [2.75, 3.05) is 26.2 Å². The van der Waals surface area contributed by atoms with E-state index < -0.39 is 0 Å². The van der Waals surface area contributed by atoms with Crippen molar-refractivity contribution in [1.29, 1.82) is 0 Å². The maximum atomic E-state index is 6.59. The number of rotatable bonds is 2. The second kappa shape index (κ2) is 6.59. The molecule has 0 amide bonds. The zero-order valence-corrected chi connectivity index (χ0v) is 15.5. The average Bonchev–Trinajstić information content (AvgIpc) is 2.99. The lowest BCUT2D eigenvalue weighted by Crippen LogP contribution is -2.54. The normalized spacial score (nSPS) is 33.0. The van der Waals surface area contributed by atoms with E-state index in [0.29, 0.717) is 0 Å². The summed E-state index contributed by atoms with van der Waals surface area (Å²) in [5, 5.41) is 0. The molecule has 0 radical (unpaired) electrons. The summed E-state index contributed by atoms with van der Waals surface area (Å²) in [6.45, 7) is 6.22. The summed E-state index contributed by atoms with van der Waals surface area (Å²) in [5.74, 6) is 1.17. The number of hydrogen-bond donors (Lipinski definition) is 0. The molecular formula is C22H32N2O. The van der Waals surface area contributed by atoms with E-state index in [1.165, 1.54) is 94.4 Å². The molecule has 0 aromatic heterocycles. The maximum Gasteiger partial charge on any atom is 0.123 e. The van der Waals surface area contributed by atoms with Crippen LogP contribution in [0.4, 0.5) is 0 Å². The van der Waals surface area contributed by atoms with Gasteiger partial charge in [0.1, 0.15) is 11.4 Å². The Labute approximate surface area is 152 Å². The van der Waals surface area contributed by atoms with Gasteiger partial charge in [-0.15, -0.1) is 0 Å². The number of nitrogens with zero attached hydrogens (tertiary/aromatic N) is 2. The number of benzene rings is 1. The highest BCUT2D eigenvalue weighted by Gasteiger charge is 2.46. The maximum absolute atomic E-state index is 6.59. The molecule has 136 valence electrons. The fourth-order valence-electron chi connectivity index (χ4n) is 5.68. The van der Waals surface area contributed by atoms with Crippen LogP contribution in [0.15, 0.2) is 18.2 Å². The molecule has 2 atom stereocenters. The monoisotopic (exact) mass is 340 g/mol. The van der Waals surface area contributed by atoms with Gasteiger partial charge < -0.3 is 9.64 Å². The van der Waals surface area contributed by atoms with Crippen LogP contribution in [0.1, 0.15) is 62.5 Å². The highest BCUT2D eigenvalue weighted by atomic mass is 16.5. The SMILES string of the molecule is c1cc2c(cc1CN1CCCCC1)CC1(CCN3CCCCC3C1)O2. The number of ether oxygens (including phenoxy) is 1. The van der Waals surface area contributed by atoms with Gasteiger partial charge in [0.05, 0.1) is 0 Å². The molecule has 4 aliphatic rings. The lowest BCUT2D eigenvalue weighted by Gasteiger charge is -2.46. The lowest BCUT2D eigenvalue weighted by atomic mass is 9.80. The summed E-state index contributed by atoms with van der Waals surface area (Å²) in [6, 6.07) is 7.79. The molecule has 1 aromatic carbocycles. The molecule has 0 saturated carbocycles. The molecule has 4 aliphatic heterocycles. The van der Waals surface area contributed by atoms with Crippen LogP contribution in [-0.4, -0.2) is 47.6 Å². The first-order chi connectivity index (χ1) is 12.3. The minimum absolute atomic E-state index is 0.102. The van der Waals surface area contributed by atoms with Gasteiger partial charge in [-0.2, -0.15) is 0 Å². The largest absolute Gasteiger partial charge is 0.487 e. The van der Waals surface area contributed by atoms with Crippen LogP contribution in [0, 0.1) is 0 Å². The van der Waals surface area contributed by atoms with E-state index in [2.05, 4.69) is 28.0 Å².